The molecule has 3 rings (SSSR count). The number of nitrogens with zero attached hydrogens (tertiary/aromatic N) is 2. The second kappa shape index (κ2) is 8.15. The molecule has 0 aliphatic heterocycles. The van der Waals surface area contributed by atoms with Crippen molar-refractivity contribution in [3.05, 3.63) is 54.3 Å². The molecule has 0 saturated carbocycles. The van der Waals surface area contributed by atoms with Gasteiger partial charge in [-0.25, -0.2) is 4.79 Å². The predicted molar refractivity (Wildman–Crippen MR) is 99.3 cm³/mol. The van der Waals surface area contributed by atoms with Gasteiger partial charge in [-0.3, -0.25) is 0 Å². The van der Waals surface area contributed by atoms with Gasteiger partial charge in [-0.2, -0.15) is 4.98 Å². The van der Waals surface area contributed by atoms with Crippen molar-refractivity contribution in [3.8, 4) is 11.4 Å². The third kappa shape index (κ3) is 4.60. The van der Waals surface area contributed by atoms with Crippen molar-refractivity contribution in [2.45, 2.75) is 26.3 Å². The first-order valence-corrected chi connectivity index (χ1v) is 8.37. The summed E-state index contributed by atoms with van der Waals surface area (Å²) in [6.07, 6.45) is 5.91. The van der Waals surface area contributed by atoms with Crippen molar-refractivity contribution in [1.82, 2.24) is 15.5 Å². The number of rotatable bonds is 6. The molecule has 0 aliphatic rings. The molecular weight excluding hydrogens is 332 g/mol. The Morgan fingerprint density at radius 3 is 2.73 bits per heavy atom. The van der Waals surface area contributed by atoms with E-state index in [1.807, 2.05) is 32.0 Å². The van der Waals surface area contributed by atoms with Crippen molar-refractivity contribution < 1.29 is 13.7 Å². The molecule has 1 unspecified atom stereocenters. The number of carbonyl (C=O) groups excluding carboxylic acids is 1. The van der Waals surface area contributed by atoms with Crippen molar-refractivity contribution >= 4 is 23.9 Å². The summed E-state index contributed by atoms with van der Waals surface area (Å²) in [5.74, 6) is 1.56. The van der Waals surface area contributed by atoms with E-state index < -0.39 is 0 Å². The van der Waals surface area contributed by atoms with E-state index in [9.17, 15) is 4.79 Å². The van der Waals surface area contributed by atoms with Gasteiger partial charge in [0.2, 0.25) is 5.82 Å². The molecule has 2 aromatic heterocycles. The van der Waals surface area contributed by atoms with E-state index in [0.29, 0.717) is 23.2 Å². The van der Waals surface area contributed by atoms with Crippen molar-refractivity contribution in [3.63, 3.8) is 0 Å². The molecule has 0 saturated heterocycles. The topological polar surface area (TPSA) is 93.2 Å². The summed E-state index contributed by atoms with van der Waals surface area (Å²) >= 11 is 0. The number of furan rings is 1. The van der Waals surface area contributed by atoms with Crippen LogP contribution in [0.2, 0.25) is 0 Å². The number of anilines is 1. The van der Waals surface area contributed by atoms with Crippen LogP contribution in [0.3, 0.4) is 0 Å². The van der Waals surface area contributed by atoms with Crippen LogP contribution in [0.4, 0.5) is 10.5 Å². The lowest BCUT2D eigenvalue weighted by atomic mass is 10.2. The number of amides is 2. The average Bonchev–Trinajstić information content (AvgIpc) is 3.32. The molecule has 7 nitrogen and oxygen atoms in total. The van der Waals surface area contributed by atoms with Gasteiger partial charge in [0, 0.05) is 23.4 Å². The Bertz CT molecular complexity index is 867. The maximum Gasteiger partial charge on any atom is 0.319 e. The summed E-state index contributed by atoms with van der Waals surface area (Å²) < 4.78 is 10.4. The van der Waals surface area contributed by atoms with Crippen LogP contribution in [0.5, 0.6) is 0 Å². The molecule has 2 N–H and O–H groups in total. The number of nitrogens with one attached hydrogen (secondary N) is 2. The Morgan fingerprint density at radius 1 is 1.23 bits per heavy atom. The van der Waals surface area contributed by atoms with Crippen molar-refractivity contribution in [2.24, 2.45) is 0 Å². The zero-order chi connectivity index (χ0) is 18.4. The lowest BCUT2D eigenvalue weighted by Crippen LogP contribution is -2.35. The predicted octanol–water partition coefficient (Wildman–Crippen LogP) is 4.42. The summed E-state index contributed by atoms with van der Waals surface area (Å²) in [6.45, 7) is 3.97. The van der Waals surface area contributed by atoms with E-state index in [2.05, 4.69) is 20.8 Å². The van der Waals surface area contributed by atoms with Crippen LogP contribution in [0.25, 0.3) is 23.5 Å². The van der Waals surface area contributed by atoms with E-state index in [4.69, 9.17) is 8.94 Å². The Morgan fingerprint density at radius 2 is 2.04 bits per heavy atom. The summed E-state index contributed by atoms with van der Waals surface area (Å²) in [5, 5.41) is 9.60. The van der Waals surface area contributed by atoms with Gasteiger partial charge in [0.15, 0.2) is 0 Å². The van der Waals surface area contributed by atoms with Gasteiger partial charge in [-0.15, -0.1) is 0 Å². The monoisotopic (exact) mass is 352 g/mol. The number of carbonyl (C=O) groups is 1. The molecule has 1 atom stereocenters. The Hall–Kier alpha value is -3.35. The summed E-state index contributed by atoms with van der Waals surface area (Å²) in [5.41, 5.74) is 1.48. The van der Waals surface area contributed by atoms with Crippen molar-refractivity contribution in [2.75, 3.05) is 5.32 Å². The fourth-order valence-electron chi connectivity index (χ4n) is 2.16. The van der Waals surface area contributed by atoms with E-state index in [-0.39, 0.29) is 12.1 Å². The van der Waals surface area contributed by atoms with Crippen LogP contribution in [0, 0.1) is 0 Å². The van der Waals surface area contributed by atoms with E-state index in [1.165, 1.54) is 0 Å². The molecular formula is C19H20N4O3. The third-order valence-electron chi connectivity index (χ3n) is 3.77. The number of hydrogen-bond acceptors (Lipinski definition) is 5. The first kappa shape index (κ1) is 17.5. The molecule has 0 fully saturated rings. The SMILES string of the molecule is CCC(C)NC(=O)Nc1ccc(-c2noc(/C=C/c3ccco3)n2)cc1. The van der Waals surface area contributed by atoms with Crippen LogP contribution < -0.4 is 10.6 Å². The molecule has 0 radical (unpaired) electrons. The highest BCUT2D eigenvalue weighted by atomic mass is 16.5. The molecule has 26 heavy (non-hydrogen) atoms. The first-order valence-electron chi connectivity index (χ1n) is 8.37. The highest BCUT2D eigenvalue weighted by Gasteiger charge is 2.08. The minimum atomic E-state index is -0.225. The van der Waals surface area contributed by atoms with Crippen LogP contribution in [0.15, 0.2) is 51.6 Å². The molecule has 7 heteroatoms. The highest BCUT2D eigenvalue weighted by Crippen LogP contribution is 2.19. The van der Waals surface area contributed by atoms with E-state index in [1.54, 1.807) is 36.6 Å². The van der Waals surface area contributed by atoms with Crippen LogP contribution in [-0.4, -0.2) is 22.2 Å². The number of aromatic nitrogens is 2. The molecule has 0 aliphatic carbocycles. The minimum absolute atomic E-state index is 0.126. The zero-order valence-electron chi connectivity index (χ0n) is 14.6. The second-order valence-electron chi connectivity index (χ2n) is 5.79. The smallest absolute Gasteiger partial charge is 0.319 e. The second-order valence-corrected chi connectivity index (χ2v) is 5.79. The fourth-order valence-corrected chi connectivity index (χ4v) is 2.16. The number of hydrogen-bond donors (Lipinski definition) is 2. The van der Waals surface area contributed by atoms with Gasteiger partial charge in [0.1, 0.15) is 5.76 Å². The summed E-state index contributed by atoms with van der Waals surface area (Å²) in [4.78, 5) is 16.1. The maximum absolute atomic E-state index is 11.8. The quantitative estimate of drug-likeness (QED) is 0.685. The number of urea groups is 1. The normalized spacial score (nSPS) is 12.2. The van der Waals surface area contributed by atoms with Crippen LogP contribution in [-0.2, 0) is 0 Å². The fraction of sp³-hybridized carbons (Fsp3) is 0.211. The molecule has 0 spiro atoms. The average molecular weight is 352 g/mol. The third-order valence-corrected chi connectivity index (χ3v) is 3.77. The summed E-state index contributed by atoms with van der Waals surface area (Å²) in [6, 6.07) is 10.8. The first-order chi connectivity index (χ1) is 12.6. The van der Waals surface area contributed by atoms with Gasteiger partial charge in [-0.1, -0.05) is 12.1 Å². The highest BCUT2D eigenvalue weighted by molar-refractivity contribution is 5.89. The minimum Gasteiger partial charge on any atom is -0.465 e. The Kier molecular flexibility index (Phi) is 5.48. The largest absolute Gasteiger partial charge is 0.465 e. The molecule has 2 heterocycles. The van der Waals surface area contributed by atoms with Crippen LogP contribution in [0.1, 0.15) is 31.9 Å². The molecule has 3 aromatic rings. The lowest BCUT2D eigenvalue weighted by Gasteiger charge is -2.12. The Balaban J connectivity index is 1.63. The molecule has 0 bridgehead atoms. The van der Waals surface area contributed by atoms with Gasteiger partial charge in [0.25, 0.3) is 5.89 Å². The molecule has 134 valence electrons. The van der Waals surface area contributed by atoms with Gasteiger partial charge < -0.3 is 19.6 Å². The molecule has 2 amide bonds. The van der Waals surface area contributed by atoms with Crippen molar-refractivity contribution in [1.29, 1.82) is 0 Å². The van der Waals surface area contributed by atoms with Gasteiger partial charge in [-0.05, 0) is 55.8 Å². The van der Waals surface area contributed by atoms with Gasteiger partial charge in [0.05, 0.1) is 6.26 Å². The van der Waals surface area contributed by atoms with Gasteiger partial charge >= 0.3 is 6.03 Å². The van der Waals surface area contributed by atoms with E-state index in [0.717, 1.165) is 12.0 Å². The number of benzene rings is 1. The standard InChI is InChI=1S/C19H20N4O3/c1-3-13(2)20-19(24)21-15-8-6-14(7-9-15)18-22-17(26-23-18)11-10-16-5-4-12-25-16/h4-13H,3H2,1-2H3,(H2,20,21,24)/b11-10+. The summed E-state index contributed by atoms with van der Waals surface area (Å²) in [7, 11) is 0. The Labute approximate surface area is 151 Å². The zero-order valence-corrected chi connectivity index (χ0v) is 14.6. The van der Waals surface area contributed by atoms with Crippen LogP contribution >= 0.6 is 0 Å². The lowest BCUT2D eigenvalue weighted by molar-refractivity contribution is 0.249. The molecule has 1 aromatic carbocycles. The van der Waals surface area contributed by atoms with E-state index >= 15 is 0 Å². The maximum atomic E-state index is 11.8.